The molecule has 2 rings (SSSR count). The molecule has 1 aromatic carbocycles. The molecule has 1 aromatic rings. The van der Waals surface area contributed by atoms with Gasteiger partial charge >= 0.3 is 0 Å². The number of methoxy groups -OCH3 is 1. The summed E-state index contributed by atoms with van der Waals surface area (Å²) < 4.78 is 31.7. The second-order valence-electron chi connectivity index (χ2n) is 5.83. The minimum Gasteiger partial charge on any atom is -0.495 e. The van der Waals surface area contributed by atoms with Crippen LogP contribution in [0.3, 0.4) is 0 Å². The summed E-state index contributed by atoms with van der Waals surface area (Å²) in [5.41, 5.74) is 1.36. The molecule has 1 aliphatic rings. The number of carbonyl (C=O) groups excluding carboxylic acids is 1. The molecule has 0 atom stereocenters. The van der Waals surface area contributed by atoms with Gasteiger partial charge in [0.2, 0.25) is 15.9 Å². The maximum Gasteiger partial charge on any atom is 0.241 e. The zero-order chi connectivity index (χ0) is 18.3. The SMILES string of the molecule is COc1ccc(S(=O)(=O)NCC(=O)NCCC2=CCCCC2)cc1Cl. The summed E-state index contributed by atoms with van der Waals surface area (Å²) in [4.78, 5) is 11.8. The van der Waals surface area contributed by atoms with Crippen molar-refractivity contribution < 1.29 is 17.9 Å². The van der Waals surface area contributed by atoms with Crippen LogP contribution in [0.25, 0.3) is 0 Å². The van der Waals surface area contributed by atoms with Gasteiger partial charge in [0.05, 0.1) is 23.6 Å². The predicted octanol–water partition coefficient (Wildman–Crippen LogP) is 2.63. The standard InChI is InChI=1S/C17H23ClN2O4S/c1-24-16-8-7-14(11-15(16)18)25(22,23)20-12-17(21)19-10-9-13-5-3-2-4-6-13/h5,7-8,11,20H,2-4,6,9-10,12H2,1H3,(H,19,21). The number of amides is 1. The number of hydrogen-bond acceptors (Lipinski definition) is 4. The lowest BCUT2D eigenvalue weighted by Gasteiger charge is -2.13. The van der Waals surface area contributed by atoms with Crippen LogP contribution >= 0.6 is 11.6 Å². The van der Waals surface area contributed by atoms with E-state index in [-0.39, 0.29) is 22.4 Å². The van der Waals surface area contributed by atoms with Crippen LogP contribution in [0, 0.1) is 0 Å². The molecule has 2 N–H and O–H groups in total. The Bertz CT molecular complexity index is 747. The highest BCUT2D eigenvalue weighted by molar-refractivity contribution is 7.89. The van der Waals surface area contributed by atoms with Crippen LogP contribution in [0.2, 0.25) is 5.02 Å². The second kappa shape index (κ2) is 9.22. The molecule has 1 aliphatic carbocycles. The molecular formula is C17H23ClN2O4S. The first kappa shape index (κ1) is 19.8. The zero-order valence-corrected chi connectivity index (χ0v) is 15.8. The number of hydrogen-bond donors (Lipinski definition) is 2. The van der Waals surface area contributed by atoms with Gasteiger partial charge in [0.25, 0.3) is 0 Å². The van der Waals surface area contributed by atoms with Gasteiger partial charge in [0.1, 0.15) is 5.75 Å². The minimum absolute atomic E-state index is 0.0153. The smallest absolute Gasteiger partial charge is 0.241 e. The van der Waals surface area contributed by atoms with Crippen LogP contribution in [0.1, 0.15) is 32.1 Å². The highest BCUT2D eigenvalue weighted by Crippen LogP contribution is 2.26. The first-order valence-corrected chi connectivity index (χ1v) is 10.1. The Morgan fingerprint density at radius 2 is 2.12 bits per heavy atom. The van der Waals surface area contributed by atoms with Gasteiger partial charge in [-0.05, 0) is 50.3 Å². The third kappa shape index (κ3) is 6.02. The number of sulfonamides is 1. The van der Waals surface area contributed by atoms with Gasteiger partial charge in [-0.3, -0.25) is 4.79 Å². The first-order valence-electron chi connectivity index (χ1n) is 8.20. The fourth-order valence-electron chi connectivity index (χ4n) is 2.61. The van der Waals surface area contributed by atoms with Crippen LogP contribution in [-0.2, 0) is 14.8 Å². The van der Waals surface area contributed by atoms with E-state index in [0.717, 1.165) is 19.3 Å². The van der Waals surface area contributed by atoms with Gasteiger partial charge < -0.3 is 10.1 Å². The number of benzene rings is 1. The van der Waals surface area contributed by atoms with Crippen LogP contribution in [-0.4, -0.2) is 34.5 Å². The Hall–Kier alpha value is -1.57. The molecule has 0 radical (unpaired) electrons. The summed E-state index contributed by atoms with van der Waals surface area (Å²) in [6.45, 7) is 0.200. The Balaban J connectivity index is 1.81. The normalized spacial score (nSPS) is 14.7. The van der Waals surface area contributed by atoms with Gasteiger partial charge in [0.15, 0.2) is 0 Å². The van der Waals surface area contributed by atoms with Crippen molar-refractivity contribution in [2.24, 2.45) is 0 Å². The number of rotatable bonds is 8. The largest absolute Gasteiger partial charge is 0.495 e. The number of ether oxygens (including phenoxy) is 1. The lowest BCUT2D eigenvalue weighted by atomic mass is 9.97. The molecule has 6 nitrogen and oxygen atoms in total. The van der Waals surface area contributed by atoms with Crippen molar-refractivity contribution in [3.63, 3.8) is 0 Å². The van der Waals surface area contributed by atoms with Crippen molar-refractivity contribution in [2.75, 3.05) is 20.2 Å². The van der Waals surface area contributed by atoms with Crippen LogP contribution < -0.4 is 14.8 Å². The van der Waals surface area contributed by atoms with Crippen LogP contribution in [0.5, 0.6) is 5.75 Å². The van der Waals surface area contributed by atoms with Crippen LogP contribution in [0.15, 0.2) is 34.7 Å². The molecule has 0 aliphatic heterocycles. The Morgan fingerprint density at radius 3 is 2.76 bits per heavy atom. The van der Waals surface area contributed by atoms with Gasteiger partial charge in [-0.15, -0.1) is 0 Å². The lowest BCUT2D eigenvalue weighted by Crippen LogP contribution is -2.37. The molecule has 138 valence electrons. The van der Waals surface area contributed by atoms with E-state index in [1.165, 1.54) is 43.7 Å². The summed E-state index contributed by atoms with van der Waals surface area (Å²) in [5.74, 6) is 0.0231. The molecule has 0 aromatic heterocycles. The monoisotopic (exact) mass is 386 g/mol. The fraction of sp³-hybridized carbons (Fsp3) is 0.471. The highest BCUT2D eigenvalue weighted by atomic mass is 35.5. The average molecular weight is 387 g/mol. The molecule has 0 bridgehead atoms. The van der Waals surface area contributed by atoms with Gasteiger partial charge in [-0.1, -0.05) is 23.3 Å². The van der Waals surface area contributed by atoms with E-state index in [1.807, 2.05) is 0 Å². The number of carbonyl (C=O) groups is 1. The Morgan fingerprint density at radius 1 is 1.32 bits per heavy atom. The maximum absolute atomic E-state index is 12.2. The Kier molecular flexibility index (Phi) is 7.28. The third-order valence-electron chi connectivity index (χ3n) is 4.01. The van der Waals surface area contributed by atoms with E-state index in [0.29, 0.717) is 12.3 Å². The molecule has 0 unspecified atom stereocenters. The topological polar surface area (TPSA) is 84.5 Å². The van der Waals surface area contributed by atoms with E-state index >= 15 is 0 Å². The molecule has 25 heavy (non-hydrogen) atoms. The van der Waals surface area contributed by atoms with Gasteiger partial charge in [-0.25, -0.2) is 13.1 Å². The minimum atomic E-state index is -3.81. The molecular weight excluding hydrogens is 364 g/mol. The molecule has 0 spiro atoms. The maximum atomic E-state index is 12.2. The van der Waals surface area contributed by atoms with Gasteiger partial charge in [-0.2, -0.15) is 0 Å². The van der Waals surface area contributed by atoms with E-state index in [2.05, 4.69) is 16.1 Å². The van der Waals surface area contributed by atoms with Crippen molar-refractivity contribution in [1.82, 2.24) is 10.0 Å². The molecule has 0 saturated heterocycles. The van der Waals surface area contributed by atoms with Crippen molar-refractivity contribution in [2.45, 2.75) is 37.0 Å². The lowest BCUT2D eigenvalue weighted by molar-refractivity contribution is -0.119. The molecule has 0 saturated carbocycles. The van der Waals surface area contributed by atoms with E-state index in [9.17, 15) is 13.2 Å². The van der Waals surface area contributed by atoms with Crippen molar-refractivity contribution in [1.29, 1.82) is 0 Å². The van der Waals surface area contributed by atoms with E-state index in [4.69, 9.17) is 16.3 Å². The molecule has 0 heterocycles. The fourth-order valence-corrected chi connectivity index (χ4v) is 3.95. The number of nitrogens with one attached hydrogen (secondary N) is 2. The van der Waals surface area contributed by atoms with E-state index in [1.54, 1.807) is 0 Å². The van der Waals surface area contributed by atoms with Crippen molar-refractivity contribution in [3.8, 4) is 5.75 Å². The first-order chi connectivity index (χ1) is 11.9. The molecule has 0 fully saturated rings. The summed E-state index contributed by atoms with van der Waals surface area (Å²) >= 11 is 5.94. The van der Waals surface area contributed by atoms with E-state index < -0.39 is 10.0 Å². The summed E-state index contributed by atoms with van der Waals surface area (Å²) in [6.07, 6.45) is 7.66. The Labute approximate surface area is 153 Å². The predicted molar refractivity (Wildman–Crippen MR) is 97.4 cm³/mol. The van der Waals surface area contributed by atoms with Crippen LogP contribution in [0.4, 0.5) is 0 Å². The average Bonchev–Trinajstić information content (AvgIpc) is 2.61. The van der Waals surface area contributed by atoms with Crippen molar-refractivity contribution in [3.05, 3.63) is 34.9 Å². The number of allylic oxidation sites excluding steroid dienone is 1. The summed E-state index contributed by atoms with van der Waals surface area (Å²) in [6, 6.07) is 4.13. The molecule has 8 heteroatoms. The summed E-state index contributed by atoms with van der Waals surface area (Å²) in [7, 11) is -2.36. The zero-order valence-electron chi connectivity index (χ0n) is 14.2. The number of halogens is 1. The third-order valence-corrected chi connectivity index (χ3v) is 5.70. The van der Waals surface area contributed by atoms with Gasteiger partial charge in [0, 0.05) is 6.54 Å². The molecule has 1 amide bonds. The second-order valence-corrected chi connectivity index (χ2v) is 8.00. The quantitative estimate of drug-likeness (QED) is 0.672. The highest BCUT2D eigenvalue weighted by Gasteiger charge is 2.17. The van der Waals surface area contributed by atoms with Crippen molar-refractivity contribution >= 4 is 27.5 Å². The summed E-state index contributed by atoms with van der Waals surface area (Å²) in [5, 5.41) is 2.92.